The lowest BCUT2D eigenvalue weighted by atomic mass is 9.82. The van der Waals surface area contributed by atoms with Crippen molar-refractivity contribution in [3.05, 3.63) is 68.7 Å². The lowest BCUT2D eigenvalue weighted by Gasteiger charge is -2.21. The molecule has 0 heterocycles. The van der Waals surface area contributed by atoms with Crippen LogP contribution in [0.5, 0.6) is 5.75 Å². The molecule has 3 aromatic rings. The predicted octanol–water partition coefficient (Wildman–Crippen LogP) is 5.41. The number of phenolic OH excluding ortho intramolecular Hbond substituents is 1. The zero-order valence-electron chi connectivity index (χ0n) is 13.1. The average molecular weight is 340 g/mol. The van der Waals surface area contributed by atoms with E-state index in [0.29, 0.717) is 10.8 Å². The van der Waals surface area contributed by atoms with Crippen molar-refractivity contribution in [2.45, 2.75) is 19.3 Å². The summed E-state index contributed by atoms with van der Waals surface area (Å²) in [4.78, 5) is 10.7. The Bertz CT molecular complexity index is 1040. The number of nitro benzene ring substituents is 1. The maximum absolute atomic E-state index is 11.3. The Kier molecular flexibility index (Phi) is 2.94. The highest BCUT2D eigenvalue weighted by molar-refractivity contribution is 6.37. The molecule has 5 heteroatoms. The number of phenols is 1. The Balaban J connectivity index is 2.25. The van der Waals surface area contributed by atoms with Crippen molar-refractivity contribution in [2.24, 2.45) is 0 Å². The Morgan fingerprint density at radius 2 is 1.83 bits per heavy atom. The summed E-state index contributed by atoms with van der Waals surface area (Å²) < 4.78 is 0. The molecule has 4 nitrogen and oxygen atoms in total. The Morgan fingerprint density at radius 1 is 1.12 bits per heavy atom. The molecule has 1 N–H and O–H groups in total. The van der Waals surface area contributed by atoms with Crippen molar-refractivity contribution >= 4 is 28.1 Å². The number of aromatic hydroxyl groups is 1. The molecule has 0 atom stereocenters. The molecule has 0 bridgehead atoms. The Labute approximate surface area is 143 Å². The van der Waals surface area contributed by atoms with Gasteiger partial charge in [0.15, 0.2) is 0 Å². The quantitative estimate of drug-likeness (QED) is 0.476. The molecule has 0 aromatic heterocycles. The van der Waals surface area contributed by atoms with E-state index in [9.17, 15) is 15.2 Å². The van der Waals surface area contributed by atoms with Gasteiger partial charge in [-0.15, -0.1) is 0 Å². The highest BCUT2D eigenvalue weighted by atomic mass is 35.5. The fraction of sp³-hybridized carbons (Fsp3) is 0.158. The molecule has 24 heavy (non-hydrogen) atoms. The van der Waals surface area contributed by atoms with Crippen molar-refractivity contribution in [2.75, 3.05) is 0 Å². The number of fused-ring (bicyclic) bond motifs is 5. The number of hydrogen-bond acceptors (Lipinski definition) is 3. The fourth-order valence-corrected chi connectivity index (χ4v) is 4.03. The largest absolute Gasteiger partial charge is 0.502 e. The number of halogens is 1. The molecule has 1 aliphatic rings. The Hall–Kier alpha value is -2.59. The number of hydrogen-bond donors (Lipinski definition) is 1. The van der Waals surface area contributed by atoms with Crippen molar-refractivity contribution in [3.8, 4) is 16.9 Å². The van der Waals surface area contributed by atoms with Crippen LogP contribution in [-0.2, 0) is 5.41 Å². The van der Waals surface area contributed by atoms with Gasteiger partial charge in [-0.3, -0.25) is 10.1 Å². The summed E-state index contributed by atoms with van der Waals surface area (Å²) in [6.07, 6.45) is 0. The highest BCUT2D eigenvalue weighted by Crippen LogP contribution is 2.54. The van der Waals surface area contributed by atoms with Crippen LogP contribution in [0, 0.1) is 10.1 Å². The summed E-state index contributed by atoms with van der Waals surface area (Å²) in [6.45, 7) is 4.22. The van der Waals surface area contributed by atoms with E-state index in [2.05, 4.69) is 19.9 Å². The van der Waals surface area contributed by atoms with Gasteiger partial charge in [0.1, 0.15) is 0 Å². The van der Waals surface area contributed by atoms with Crippen LogP contribution in [0.3, 0.4) is 0 Å². The topological polar surface area (TPSA) is 63.4 Å². The number of rotatable bonds is 1. The van der Waals surface area contributed by atoms with Gasteiger partial charge in [-0.25, -0.2) is 0 Å². The van der Waals surface area contributed by atoms with Gasteiger partial charge in [0.2, 0.25) is 5.75 Å². The molecular formula is C19H14ClNO3. The molecular weight excluding hydrogens is 326 g/mol. The smallest absolute Gasteiger partial charge is 0.312 e. The minimum atomic E-state index is -0.605. The second-order valence-corrected chi connectivity index (χ2v) is 6.97. The van der Waals surface area contributed by atoms with E-state index in [1.165, 1.54) is 6.07 Å². The Morgan fingerprint density at radius 3 is 2.54 bits per heavy atom. The molecule has 0 fully saturated rings. The van der Waals surface area contributed by atoms with E-state index in [4.69, 9.17) is 11.6 Å². The first-order valence-corrected chi connectivity index (χ1v) is 7.94. The van der Waals surface area contributed by atoms with E-state index < -0.39 is 4.92 Å². The van der Waals surface area contributed by atoms with E-state index in [1.54, 1.807) is 0 Å². The van der Waals surface area contributed by atoms with Crippen molar-refractivity contribution in [1.29, 1.82) is 0 Å². The highest BCUT2D eigenvalue weighted by Gasteiger charge is 2.37. The molecule has 1 aliphatic carbocycles. The number of nitrogens with zero attached hydrogens (tertiary/aromatic N) is 1. The summed E-state index contributed by atoms with van der Waals surface area (Å²) in [5.41, 5.74) is 3.36. The van der Waals surface area contributed by atoms with Crippen LogP contribution in [0.15, 0.2) is 42.5 Å². The zero-order chi connectivity index (χ0) is 17.2. The van der Waals surface area contributed by atoms with Gasteiger partial charge in [0, 0.05) is 22.3 Å². The lowest BCUT2D eigenvalue weighted by molar-refractivity contribution is -0.385. The van der Waals surface area contributed by atoms with Crippen molar-refractivity contribution in [1.82, 2.24) is 0 Å². The summed E-state index contributed by atoms with van der Waals surface area (Å²) in [5.74, 6) is -0.330. The van der Waals surface area contributed by atoms with Gasteiger partial charge < -0.3 is 5.11 Å². The minimum absolute atomic E-state index is 0.246. The van der Waals surface area contributed by atoms with Gasteiger partial charge in [-0.05, 0) is 22.3 Å². The van der Waals surface area contributed by atoms with Crippen LogP contribution in [0.25, 0.3) is 21.9 Å². The molecule has 0 saturated heterocycles. The summed E-state index contributed by atoms with van der Waals surface area (Å²) >= 11 is 6.26. The molecule has 0 radical (unpaired) electrons. The van der Waals surface area contributed by atoms with Crippen LogP contribution >= 0.6 is 11.6 Å². The first kappa shape index (κ1) is 15.0. The first-order chi connectivity index (χ1) is 11.3. The van der Waals surface area contributed by atoms with E-state index in [-0.39, 0.29) is 21.9 Å². The molecule has 120 valence electrons. The van der Waals surface area contributed by atoms with E-state index in [1.807, 2.05) is 30.3 Å². The van der Waals surface area contributed by atoms with Crippen molar-refractivity contribution < 1.29 is 10.0 Å². The van der Waals surface area contributed by atoms with Gasteiger partial charge in [0.05, 0.1) is 9.95 Å². The van der Waals surface area contributed by atoms with Gasteiger partial charge >= 0.3 is 5.69 Å². The van der Waals surface area contributed by atoms with Crippen LogP contribution in [0.2, 0.25) is 5.02 Å². The minimum Gasteiger partial charge on any atom is -0.502 e. The van der Waals surface area contributed by atoms with Gasteiger partial charge in [-0.2, -0.15) is 0 Å². The predicted molar refractivity (Wildman–Crippen MR) is 94.8 cm³/mol. The number of benzene rings is 3. The molecule has 0 spiro atoms. The monoisotopic (exact) mass is 339 g/mol. The maximum atomic E-state index is 11.3. The zero-order valence-corrected chi connectivity index (χ0v) is 13.9. The summed E-state index contributed by atoms with van der Waals surface area (Å²) in [5, 5.41) is 23.2. The van der Waals surface area contributed by atoms with Crippen LogP contribution in [0.4, 0.5) is 5.69 Å². The molecule has 0 amide bonds. The second kappa shape index (κ2) is 4.71. The third-order valence-corrected chi connectivity index (χ3v) is 5.26. The first-order valence-electron chi connectivity index (χ1n) is 7.57. The average Bonchev–Trinajstić information content (AvgIpc) is 2.79. The second-order valence-electron chi connectivity index (χ2n) is 6.56. The SMILES string of the molecule is CC1(C)c2ccccc2-c2c1ccc1c(Cl)cc([N+](=O)[O-])c(O)c21. The molecule has 3 aromatic carbocycles. The normalized spacial score (nSPS) is 14.5. The van der Waals surface area contributed by atoms with Crippen LogP contribution in [-0.4, -0.2) is 10.0 Å². The van der Waals surface area contributed by atoms with E-state index in [0.717, 1.165) is 22.3 Å². The molecule has 0 saturated carbocycles. The standard InChI is InChI=1S/C19H14ClNO3/c1-19(2)12-6-4-3-5-10(12)16-13(19)8-7-11-14(20)9-15(21(23)24)18(22)17(11)16/h3-9,22H,1-2H3. The molecule has 0 aliphatic heterocycles. The molecule has 0 unspecified atom stereocenters. The maximum Gasteiger partial charge on any atom is 0.312 e. The van der Waals surface area contributed by atoms with Crippen LogP contribution < -0.4 is 0 Å². The van der Waals surface area contributed by atoms with E-state index >= 15 is 0 Å². The molecule has 4 rings (SSSR count). The van der Waals surface area contributed by atoms with Gasteiger partial charge in [0.25, 0.3) is 0 Å². The lowest BCUT2D eigenvalue weighted by Crippen LogP contribution is -2.14. The third kappa shape index (κ3) is 1.74. The summed E-state index contributed by atoms with van der Waals surface area (Å²) in [7, 11) is 0. The fourth-order valence-electron chi connectivity index (χ4n) is 3.77. The van der Waals surface area contributed by atoms with Gasteiger partial charge in [-0.1, -0.05) is 61.8 Å². The third-order valence-electron chi connectivity index (χ3n) is 4.95. The van der Waals surface area contributed by atoms with Crippen LogP contribution in [0.1, 0.15) is 25.0 Å². The summed E-state index contributed by atoms with van der Waals surface area (Å²) in [6, 6.07) is 13.0. The number of nitro groups is 1. The van der Waals surface area contributed by atoms with Crippen molar-refractivity contribution in [3.63, 3.8) is 0 Å².